The summed E-state index contributed by atoms with van der Waals surface area (Å²) in [5.41, 5.74) is 5.91. The Morgan fingerprint density at radius 1 is 0.893 bits per heavy atom. The number of aromatic nitrogens is 1. The van der Waals surface area contributed by atoms with Crippen LogP contribution in [-0.2, 0) is 0 Å². The van der Waals surface area contributed by atoms with Gasteiger partial charge in [0, 0.05) is 49.1 Å². The first-order valence-corrected chi connectivity index (χ1v) is 10.6. The van der Waals surface area contributed by atoms with Crippen molar-refractivity contribution in [3.63, 3.8) is 0 Å². The van der Waals surface area contributed by atoms with Crippen LogP contribution in [-0.4, -0.2) is 41.6 Å². The number of carbonyl (C=O) groups is 1. The molecule has 3 aromatic rings. The third kappa shape index (κ3) is 3.24. The standard InChI is InChI=1S/C23H27N3OS/c1-16-8-7-9-20(17(16)2)24-12-14-25(15-13-24)22(27)21-18(3)19(4)28-23(21)26-10-5-6-11-26/h5-11H,12-15H2,1-4H3. The number of amides is 1. The van der Waals surface area contributed by atoms with Gasteiger partial charge < -0.3 is 14.4 Å². The van der Waals surface area contributed by atoms with Crippen molar-refractivity contribution in [3.05, 3.63) is 69.9 Å². The lowest BCUT2D eigenvalue weighted by Crippen LogP contribution is -2.49. The molecule has 3 heterocycles. The summed E-state index contributed by atoms with van der Waals surface area (Å²) in [6, 6.07) is 10.5. The Balaban J connectivity index is 1.55. The van der Waals surface area contributed by atoms with Crippen LogP contribution in [0.2, 0.25) is 0 Å². The van der Waals surface area contributed by atoms with E-state index < -0.39 is 0 Å². The van der Waals surface area contributed by atoms with E-state index in [0.29, 0.717) is 0 Å². The molecule has 0 bridgehead atoms. The zero-order chi connectivity index (χ0) is 19.8. The first-order valence-electron chi connectivity index (χ1n) is 9.81. The van der Waals surface area contributed by atoms with Crippen LogP contribution in [0.5, 0.6) is 0 Å². The molecular weight excluding hydrogens is 366 g/mol. The molecule has 4 nitrogen and oxygen atoms in total. The summed E-state index contributed by atoms with van der Waals surface area (Å²) in [5, 5.41) is 1.03. The molecule has 2 aromatic heterocycles. The Kier molecular flexibility index (Phi) is 5.02. The average molecular weight is 394 g/mol. The molecular formula is C23H27N3OS. The van der Waals surface area contributed by atoms with Gasteiger partial charge in [-0.1, -0.05) is 12.1 Å². The number of hydrogen-bond acceptors (Lipinski definition) is 3. The Hall–Kier alpha value is -2.53. The second kappa shape index (κ2) is 7.47. The summed E-state index contributed by atoms with van der Waals surface area (Å²) in [6.07, 6.45) is 4.03. The lowest BCUT2D eigenvalue weighted by Gasteiger charge is -2.37. The minimum atomic E-state index is 0.158. The number of hydrogen-bond donors (Lipinski definition) is 0. The predicted molar refractivity (Wildman–Crippen MR) is 117 cm³/mol. The highest BCUT2D eigenvalue weighted by Gasteiger charge is 2.28. The quantitative estimate of drug-likeness (QED) is 0.643. The fourth-order valence-electron chi connectivity index (χ4n) is 3.90. The van der Waals surface area contributed by atoms with Gasteiger partial charge in [-0.2, -0.15) is 0 Å². The van der Waals surface area contributed by atoms with Gasteiger partial charge in [-0.15, -0.1) is 11.3 Å². The summed E-state index contributed by atoms with van der Waals surface area (Å²) < 4.78 is 2.06. The number of piperazine rings is 1. The average Bonchev–Trinajstić information content (AvgIpc) is 3.33. The van der Waals surface area contributed by atoms with Gasteiger partial charge >= 0.3 is 0 Å². The van der Waals surface area contributed by atoms with Crippen LogP contribution in [0.3, 0.4) is 0 Å². The molecule has 1 fully saturated rings. The molecule has 0 aliphatic carbocycles. The highest BCUT2D eigenvalue weighted by Crippen LogP contribution is 2.32. The van der Waals surface area contributed by atoms with Crippen molar-refractivity contribution in [2.75, 3.05) is 31.1 Å². The zero-order valence-electron chi connectivity index (χ0n) is 17.0. The van der Waals surface area contributed by atoms with Crippen LogP contribution in [0.1, 0.15) is 31.9 Å². The second-order valence-electron chi connectivity index (χ2n) is 7.55. The minimum absolute atomic E-state index is 0.158. The molecule has 0 atom stereocenters. The summed E-state index contributed by atoms with van der Waals surface area (Å²) in [7, 11) is 0. The minimum Gasteiger partial charge on any atom is -0.368 e. The largest absolute Gasteiger partial charge is 0.368 e. The molecule has 1 aliphatic heterocycles. The molecule has 5 heteroatoms. The number of aryl methyl sites for hydroxylation is 2. The number of thiophene rings is 1. The molecule has 146 valence electrons. The Bertz CT molecular complexity index is 995. The van der Waals surface area contributed by atoms with Gasteiger partial charge in [0.1, 0.15) is 5.00 Å². The van der Waals surface area contributed by atoms with E-state index in [4.69, 9.17) is 0 Å². The lowest BCUT2D eigenvalue weighted by molar-refractivity contribution is 0.0746. The summed E-state index contributed by atoms with van der Waals surface area (Å²) in [6.45, 7) is 11.8. The van der Waals surface area contributed by atoms with Crippen molar-refractivity contribution in [1.29, 1.82) is 0 Å². The van der Waals surface area contributed by atoms with E-state index >= 15 is 0 Å². The van der Waals surface area contributed by atoms with E-state index in [9.17, 15) is 4.79 Å². The van der Waals surface area contributed by atoms with Crippen LogP contribution in [0.15, 0.2) is 42.7 Å². The van der Waals surface area contributed by atoms with Crippen molar-refractivity contribution in [2.45, 2.75) is 27.7 Å². The van der Waals surface area contributed by atoms with E-state index in [1.165, 1.54) is 21.7 Å². The molecule has 28 heavy (non-hydrogen) atoms. The molecule has 0 spiro atoms. The van der Waals surface area contributed by atoms with Crippen LogP contribution >= 0.6 is 11.3 Å². The maximum Gasteiger partial charge on any atom is 0.257 e. The predicted octanol–water partition coefficient (Wildman–Crippen LogP) is 4.73. The molecule has 1 amide bonds. The Labute approximate surface area is 171 Å². The van der Waals surface area contributed by atoms with Crippen molar-refractivity contribution < 1.29 is 4.79 Å². The second-order valence-corrected chi connectivity index (χ2v) is 8.76. The van der Waals surface area contributed by atoms with Gasteiger partial charge in [0.05, 0.1) is 5.56 Å². The monoisotopic (exact) mass is 393 g/mol. The van der Waals surface area contributed by atoms with E-state index in [-0.39, 0.29) is 5.91 Å². The number of rotatable bonds is 3. The molecule has 1 saturated heterocycles. The van der Waals surface area contributed by atoms with Gasteiger partial charge in [-0.3, -0.25) is 4.79 Å². The normalized spacial score (nSPS) is 14.6. The van der Waals surface area contributed by atoms with E-state index in [0.717, 1.165) is 42.3 Å². The molecule has 4 rings (SSSR count). The zero-order valence-corrected chi connectivity index (χ0v) is 17.8. The van der Waals surface area contributed by atoms with Crippen molar-refractivity contribution >= 4 is 22.9 Å². The Morgan fingerprint density at radius 3 is 2.25 bits per heavy atom. The number of carbonyl (C=O) groups excluding carboxylic acids is 1. The van der Waals surface area contributed by atoms with E-state index in [2.05, 4.69) is 55.4 Å². The van der Waals surface area contributed by atoms with Crippen molar-refractivity contribution in [2.24, 2.45) is 0 Å². The highest BCUT2D eigenvalue weighted by molar-refractivity contribution is 7.15. The molecule has 0 N–H and O–H groups in total. The van der Waals surface area contributed by atoms with Crippen molar-refractivity contribution in [3.8, 4) is 5.00 Å². The first kappa shape index (κ1) is 18.8. The van der Waals surface area contributed by atoms with Crippen LogP contribution in [0.25, 0.3) is 5.00 Å². The van der Waals surface area contributed by atoms with Gasteiger partial charge in [0.25, 0.3) is 5.91 Å². The van der Waals surface area contributed by atoms with Gasteiger partial charge in [0.15, 0.2) is 0 Å². The maximum atomic E-state index is 13.4. The van der Waals surface area contributed by atoms with E-state index in [1.54, 1.807) is 11.3 Å². The van der Waals surface area contributed by atoms with Gasteiger partial charge in [-0.05, 0) is 62.6 Å². The van der Waals surface area contributed by atoms with Gasteiger partial charge in [-0.25, -0.2) is 0 Å². The van der Waals surface area contributed by atoms with Gasteiger partial charge in [0.2, 0.25) is 0 Å². The summed E-state index contributed by atoms with van der Waals surface area (Å²) in [4.78, 5) is 19.0. The van der Waals surface area contributed by atoms with Crippen LogP contribution in [0, 0.1) is 27.7 Å². The van der Waals surface area contributed by atoms with Crippen molar-refractivity contribution in [1.82, 2.24) is 9.47 Å². The highest BCUT2D eigenvalue weighted by atomic mass is 32.1. The fourth-order valence-corrected chi connectivity index (χ4v) is 5.01. The fraction of sp³-hybridized carbons (Fsp3) is 0.348. The molecule has 1 aliphatic rings. The smallest absolute Gasteiger partial charge is 0.257 e. The topological polar surface area (TPSA) is 28.5 Å². The third-order valence-corrected chi connectivity index (χ3v) is 7.12. The van der Waals surface area contributed by atoms with Crippen LogP contribution in [0.4, 0.5) is 5.69 Å². The van der Waals surface area contributed by atoms with E-state index in [1.807, 2.05) is 29.4 Å². The summed E-state index contributed by atoms with van der Waals surface area (Å²) in [5.74, 6) is 0.158. The molecule has 1 aromatic carbocycles. The van der Waals surface area contributed by atoms with Crippen LogP contribution < -0.4 is 4.90 Å². The molecule has 0 unspecified atom stereocenters. The summed E-state index contributed by atoms with van der Waals surface area (Å²) >= 11 is 1.70. The molecule has 0 radical (unpaired) electrons. The lowest BCUT2D eigenvalue weighted by atomic mass is 10.1. The third-order valence-electron chi connectivity index (χ3n) is 5.90. The SMILES string of the molecule is Cc1cccc(N2CCN(C(=O)c3c(-n4cccc4)sc(C)c3C)CC2)c1C. The molecule has 0 saturated carbocycles. The number of nitrogens with zero attached hydrogens (tertiary/aromatic N) is 3. The Morgan fingerprint density at radius 2 is 1.57 bits per heavy atom. The maximum absolute atomic E-state index is 13.4. The first-order chi connectivity index (χ1) is 13.5. The number of benzene rings is 1. The number of anilines is 1.